The summed E-state index contributed by atoms with van der Waals surface area (Å²) in [4.78, 5) is 0. The van der Waals surface area contributed by atoms with Crippen LogP contribution in [-0.2, 0) is 19.3 Å². The lowest BCUT2D eigenvalue weighted by atomic mass is 10.1. The summed E-state index contributed by atoms with van der Waals surface area (Å²) in [6.45, 7) is 9.21. The van der Waals surface area contributed by atoms with Gasteiger partial charge in [-0.3, -0.25) is 4.68 Å². The topological polar surface area (TPSA) is 29.9 Å². The molecule has 0 amide bonds. The van der Waals surface area contributed by atoms with Gasteiger partial charge in [0, 0.05) is 18.7 Å². The van der Waals surface area contributed by atoms with Gasteiger partial charge >= 0.3 is 6.18 Å². The number of hydrogen-bond donors (Lipinski definition) is 1. The first-order valence-electron chi connectivity index (χ1n) is 7.04. The molecule has 1 rings (SSSR count). The molecule has 1 aromatic heterocycles. The number of rotatable bonds is 7. The minimum atomic E-state index is -4.36. The Kier molecular flexibility index (Phi) is 6.05. The molecule has 0 atom stereocenters. The highest BCUT2D eigenvalue weighted by Crippen LogP contribution is 2.32. The summed E-state index contributed by atoms with van der Waals surface area (Å²) < 4.78 is 40.6. The van der Waals surface area contributed by atoms with E-state index in [4.69, 9.17) is 0 Å². The normalized spacial score (nSPS) is 12.7. The van der Waals surface area contributed by atoms with Crippen LogP contribution in [0, 0.1) is 11.8 Å². The molecule has 0 aliphatic rings. The molecule has 1 N–H and O–H groups in total. The molecule has 0 bridgehead atoms. The maximum Gasteiger partial charge on any atom is 0.433 e. The van der Waals surface area contributed by atoms with E-state index in [1.807, 2.05) is 27.7 Å². The average Bonchev–Trinajstić information content (AvgIpc) is 2.68. The highest BCUT2D eigenvalue weighted by molar-refractivity contribution is 5.20. The lowest BCUT2D eigenvalue weighted by Gasteiger charge is -2.14. The Hall–Kier alpha value is -1.04. The number of halogens is 3. The Labute approximate surface area is 118 Å². The fourth-order valence-electron chi connectivity index (χ4n) is 1.93. The maximum absolute atomic E-state index is 13.2. The van der Waals surface area contributed by atoms with Crippen LogP contribution < -0.4 is 5.32 Å². The van der Waals surface area contributed by atoms with Gasteiger partial charge in [-0.05, 0) is 24.8 Å². The zero-order valence-corrected chi connectivity index (χ0v) is 12.6. The molecular weight excluding hydrogens is 267 g/mol. The summed E-state index contributed by atoms with van der Waals surface area (Å²) >= 11 is 0. The van der Waals surface area contributed by atoms with E-state index in [-0.39, 0.29) is 12.1 Å². The van der Waals surface area contributed by atoms with Crippen molar-refractivity contribution in [2.24, 2.45) is 11.8 Å². The van der Waals surface area contributed by atoms with Crippen molar-refractivity contribution in [1.82, 2.24) is 15.1 Å². The molecule has 0 spiro atoms. The van der Waals surface area contributed by atoms with Crippen molar-refractivity contribution in [3.05, 3.63) is 17.5 Å². The molecule has 0 aromatic carbocycles. The number of nitrogens with zero attached hydrogens (tertiary/aromatic N) is 2. The van der Waals surface area contributed by atoms with E-state index in [1.54, 1.807) is 0 Å². The average molecular weight is 291 g/mol. The second-order valence-electron chi connectivity index (χ2n) is 5.95. The number of aryl methyl sites for hydroxylation is 1. The second-order valence-corrected chi connectivity index (χ2v) is 5.95. The van der Waals surface area contributed by atoms with Crippen molar-refractivity contribution in [1.29, 1.82) is 0 Å². The van der Waals surface area contributed by atoms with Crippen LogP contribution >= 0.6 is 0 Å². The van der Waals surface area contributed by atoms with E-state index < -0.39 is 11.9 Å². The molecule has 0 unspecified atom stereocenters. The van der Waals surface area contributed by atoms with Crippen molar-refractivity contribution < 1.29 is 13.2 Å². The van der Waals surface area contributed by atoms with Crippen LogP contribution in [-0.4, -0.2) is 16.3 Å². The van der Waals surface area contributed by atoms with Gasteiger partial charge in [-0.15, -0.1) is 0 Å². The third kappa shape index (κ3) is 5.15. The van der Waals surface area contributed by atoms with Crippen LogP contribution in [0.4, 0.5) is 13.2 Å². The fraction of sp³-hybridized carbons (Fsp3) is 0.786. The summed E-state index contributed by atoms with van der Waals surface area (Å²) in [6.07, 6.45) is -2.34. The maximum atomic E-state index is 13.2. The standard InChI is InChI=1S/C14H24F3N3/c1-10(2)5-6-20-13(14(15,16)17)12(9-19-20)8-18-7-11(3)4/h9-11,18H,5-8H2,1-4H3. The molecule has 0 radical (unpaired) electrons. The predicted octanol–water partition coefficient (Wildman–Crippen LogP) is 3.69. The SMILES string of the molecule is CC(C)CCn1ncc(CNCC(C)C)c1C(F)(F)F. The highest BCUT2D eigenvalue weighted by atomic mass is 19.4. The monoisotopic (exact) mass is 291 g/mol. The van der Waals surface area contributed by atoms with E-state index in [0.717, 1.165) is 4.68 Å². The van der Waals surface area contributed by atoms with Crippen molar-refractivity contribution in [3.63, 3.8) is 0 Å². The quantitative estimate of drug-likeness (QED) is 0.830. The largest absolute Gasteiger partial charge is 0.433 e. The second kappa shape index (κ2) is 7.11. The summed E-state index contributed by atoms with van der Waals surface area (Å²) in [7, 11) is 0. The van der Waals surface area contributed by atoms with Crippen molar-refractivity contribution in [3.8, 4) is 0 Å². The van der Waals surface area contributed by atoms with Crippen LogP contribution in [0.25, 0.3) is 0 Å². The highest BCUT2D eigenvalue weighted by Gasteiger charge is 2.37. The summed E-state index contributed by atoms with van der Waals surface area (Å²) in [6, 6.07) is 0. The number of nitrogens with one attached hydrogen (secondary N) is 1. The van der Waals surface area contributed by atoms with Crippen molar-refractivity contribution >= 4 is 0 Å². The molecular formula is C14H24F3N3. The number of aromatic nitrogens is 2. The summed E-state index contributed by atoms with van der Waals surface area (Å²) in [5, 5.41) is 6.95. The first kappa shape index (κ1) is 17.0. The Morgan fingerprint density at radius 1 is 1.20 bits per heavy atom. The predicted molar refractivity (Wildman–Crippen MR) is 73.2 cm³/mol. The zero-order valence-electron chi connectivity index (χ0n) is 12.6. The molecule has 20 heavy (non-hydrogen) atoms. The molecule has 0 aliphatic heterocycles. The first-order valence-corrected chi connectivity index (χ1v) is 7.04. The van der Waals surface area contributed by atoms with Gasteiger partial charge < -0.3 is 5.32 Å². The van der Waals surface area contributed by atoms with Crippen LogP contribution in [0.2, 0.25) is 0 Å². The van der Waals surface area contributed by atoms with Crippen LogP contribution in [0.3, 0.4) is 0 Å². The Morgan fingerprint density at radius 3 is 2.35 bits per heavy atom. The van der Waals surface area contributed by atoms with Crippen molar-refractivity contribution in [2.75, 3.05) is 6.54 Å². The van der Waals surface area contributed by atoms with Gasteiger partial charge in [-0.25, -0.2) is 0 Å². The van der Waals surface area contributed by atoms with Gasteiger partial charge in [0.05, 0.1) is 6.20 Å². The molecule has 116 valence electrons. The van der Waals surface area contributed by atoms with Crippen LogP contribution in [0.5, 0.6) is 0 Å². The van der Waals surface area contributed by atoms with E-state index in [2.05, 4.69) is 10.4 Å². The Bertz CT molecular complexity index is 408. The van der Waals surface area contributed by atoms with Crippen molar-refractivity contribution in [2.45, 2.75) is 53.4 Å². The van der Waals surface area contributed by atoms with Crippen LogP contribution in [0.1, 0.15) is 45.4 Å². The Balaban J connectivity index is 2.83. The van der Waals surface area contributed by atoms with E-state index >= 15 is 0 Å². The van der Waals surface area contributed by atoms with Gasteiger partial charge in [-0.1, -0.05) is 27.7 Å². The van der Waals surface area contributed by atoms with Gasteiger partial charge in [0.15, 0.2) is 0 Å². The molecule has 0 saturated heterocycles. The minimum Gasteiger partial charge on any atom is -0.312 e. The molecule has 1 heterocycles. The molecule has 0 saturated carbocycles. The lowest BCUT2D eigenvalue weighted by Crippen LogP contribution is -2.22. The lowest BCUT2D eigenvalue weighted by molar-refractivity contribution is -0.145. The molecule has 0 aliphatic carbocycles. The van der Waals surface area contributed by atoms with Gasteiger partial charge in [0.25, 0.3) is 0 Å². The summed E-state index contributed by atoms with van der Waals surface area (Å²) in [5.74, 6) is 0.753. The van der Waals surface area contributed by atoms with E-state index in [9.17, 15) is 13.2 Å². The van der Waals surface area contributed by atoms with E-state index in [0.29, 0.717) is 31.3 Å². The smallest absolute Gasteiger partial charge is 0.312 e. The third-order valence-electron chi connectivity index (χ3n) is 2.97. The van der Waals surface area contributed by atoms with Gasteiger partial charge in [0.1, 0.15) is 5.69 Å². The first-order chi connectivity index (χ1) is 9.21. The van der Waals surface area contributed by atoms with Gasteiger partial charge in [-0.2, -0.15) is 18.3 Å². The van der Waals surface area contributed by atoms with E-state index in [1.165, 1.54) is 6.20 Å². The molecule has 3 nitrogen and oxygen atoms in total. The number of alkyl halides is 3. The molecule has 0 fully saturated rings. The fourth-order valence-corrected chi connectivity index (χ4v) is 1.93. The Morgan fingerprint density at radius 2 is 1.85 bits per heavy atom. The zero-order chi connectivity index (χ0) is 15.3. The summed E-state index contributed by atoms with van der Waals surface area (Å²) in [5.41, 5.74) is -0.392. The van der Waals surface area contributed by atoms with Crippen LogP contribution in [0.15, 0.2) is 6.20 Å². The third-order valence-corrected chi connectivity index (χ3v) is 2.97. The molecule has 6 heteroatoms. The van der Waals surface area contributed by atoms with Gasteiger partial charge in [0.2, 0.25) is 0 Å². The molecule has 1 aromatic rings. The number of hydrogen-bond acceptors (Lipinski definition) is 2. The minimum absolute atomic E-state index is 0.203.